The molecule has 0 radical (unpaired) electrons. The third kappa shape index (κ3) is 4.23. The Kier molecular flexibility index (Phi) is 7.27. The van der Waals surface area contributed by atoms with Crippen molar-refractivity contribution in [2.75, 3.05) is 33.7 Å². The van der Waals surface area contributed by atoms with Crippen LogP contribution < -0.4 is 0 Å². The lowest BCUT2D eigenvalue weighted by Gasteiger charge is -2.50. The van der Waals surface area contributed by atoms with Crippen molar-refractivity contribution in [3.63, 3.8) is 0 Å². The Labute approximate surface area is 140 Å². The Morgan fingerprint density at radius 1 is 1.40 bits per heavy atom. The number of guanidine groups is 1. The van der Waals surface area contributed by atoms with Crippen molar-refractivity contribution < 1.29 is 4.79 Å². The standard InChI is InChI=1S/C14H28N4O.HI/c1-8-15-13(16(6)7)17-9-12(19)18(11(2)3)14(4,5)10-17;/h11H,8-10H2,1-7H3;1H. The number of hydrogen-bond acceptors (Lipinski definition) is 2. The van der Waals surface area contributed by atoms with Crippen LogP contribution in [0.4, 0.5) is 0 Å². The summed E-state index contributed by atoms with van der Waals surface area (Å²) in [7, 11) is 3.95. The molecule has 0 saturated carbocycles. The van der Waals surface area contributed by atoms with Crippen molar-refractivity contribution in [1.82, 2.24) is 14.7 Å². The molecule has 0 N–H and O–H groups in total. The van der Waals surface area contributed by atoms with Gasteiger partial charge in [-0.05, 0) is 34.6 Å². The van der Waals surface area contributed by atoms with Crippen LogP contribution in [-0.4, -0.2) is 71.9 Å². The van der Waals surface area contributed by atoms with Crippen LogP contribution in [-0.2, 0) is 4.79 Å². The number of carbonyl (C=O) groups excluding carboxylic acids is 1. The monoisotopic (exact) mass is 396 g/mol. The Hall–Kier alpha value is -0.530. The van der Waals surface area contributed by atoms with E-state index in [1.807, 2.05) is 30.8 Å². The highest BCUT2D eigenvalue weighted by atomic mass is 127. The maximum atomic E-state index is 12.4. The summed E-state index contributed by atoms with van der Waals surface area (Å²) in [6.45, 7) is 12.4. The first kappa shape index (κ1) is 19.5. The van der Waals surface area contributed by atoms with Gasteiger partial charge in [0.25, 0.3) is 0 Å². The van der Waals surface area contributed by atoms with Crippen LogP contribution in [0, 0.1) is 0 Å². The Balaban J connectivity index is 0.00000361. The molecule has 1 fully saturated rings. The quantitative estimate of drug-likeness (QED) is 0.407. The van der Waals surface area contributed by atoms with E-state index in [0.717, 1.165) is 19.0 Å². The number of hydrogen-bond donors (Lipinski definition) is 0. The van der Waals surface area contributed by atoms with Gasteiger partial charge >= 0.3 is 0 Å². The van der Waals surface area contributed by atoms with Gasteiger partial charge in [0, 0.05) is 33.2 Å². The number of nitrogens with zero attached hydrogens (tertiary/aromatic N) is 4. The normalized spacial score (nSPS) is 19.2. The molecule has 1 aliphatic heterocycles. The Morgan fingerprint density at radius 3 is 2.30 bits per heavy atom. The van der Waals surface area contributed by atoms with Crippen molar-refractivity contribution >= 4 is 35.8 Å². The maximum absolute atomic E-state index is 12.4. The van der Waals surface area contributed by atoms with Crippen molar-refractivity contribution in [3.05, 3.63) is 0 Å². The van der Waals surface area contributed by atoms with Gasteiger partial charge in [0.05, 0.1) is 12.1 Å². The molecule has 0 aromatic heterocycles. The molecule has 6 heteroatoms. The Bertz CT molecular complexity index is 366. The SMILES string of the molecule is CCN=C(N(C)C)N1CC(=O)N(C(C)C)C(C)(C)C1.I. The van der Waals surface area contributed by atoms with E-state index in [9.17, 15) is 4.79 Å². The lowest BCUT2D eigenvalue weighted by molar-refractivity contribution is -0.145. The van der Waals surface area contributed by atoms with Crippen LogP contribution in [0.25, 0.3) is 0 Å². The summed E-state index contributed by atoms with van der Waals surface area (Å²) in [5.74, 6) is 1.07. The molecule has 5 nitrogen and oxygen atoms in total. The van der Waals surface area contributed by atoms with Crippen LogP contribution in [0.5, 0.6) is 0 Å². The third-order valence-electron chi connectivity index (χ3n) is 3.32. The fraction of sp³-hybridized carbons (Fsp3) is 0.857. The Morgan fingerprint density at radius 2 is 1.95 bits per heavy atom. The van der Waals surface area contributed by atoms with E-state index in [4.69, 9.17) is 0 Å². The molecule has 1 amide bonds. The molecule has 0 atom stereocenters. The average molecular weight is 396 g/mol. The van der Waals surface area contributed by atoms with Gasteiger partial charge < -0.3 is 14.7 Å². The summed E-state index contributed by atoms with van der Waals surface area (Å²) in [4.78, 5) is 23.0. The smallest absolute Gasteiger partial charge is 0.242 e. The molecular weight excluding hydrogens is 367 g/mol. The minimum Gasteiger partial charge on any atom is -0.349 e. The van der Waals surface area contributed by atoms with Crippen LogP contribution in [0.3, 0.4) is 0 Å². The minimum atomic E-state index is -0.173. The van der Waals surface area contributed by atoms with E-state index in [0.29, 0.717) is 6.54 Å². The molecule has 0 aromatic carbocycles. The number of rotatable bonds is 2. The van der Waals surface area contributed by atoms with Gasteiger partial charge in [-0.2, -0.15) is 0 Å². The molecule has 1 rings (SSSR count). The molecule has 0 aromatic rings. The second-order valence-corrected chi connectivity index (χ2v) is 6.19. The van der Waals surface area contributed by atoms with E-state index in [-0.39, 0.29) is 41.5 Å². The highest BCUT2D eigenvalue weighted by molar-refractivity contribution is 14.0. The van der Waals surface area contributed by atoms with Gasteiger partial charge in [0.2, 0.25) is 5.91 Å². The van der Waals surface area contributed by atoms with Gasteiger partial charge in [0.15, 0.2) is 5.96 Å². The lowest BCUT2D eigenvalue weighted by atomic mass is 9.96. The predicted octanol–water partition coefficient (Wildman–Crippen LogP) is 1.87. The zero-order chi connectivity index (χ0) is 14.8. The summed E-state index contributed by atoms with van der Waals surface area (Å²) >= 11 is 0. The minimum absolute atomic E-state index is 0. The third-order valence-corrected chi connectivity index (χ3v) is 3.32. The van der Waals surface area contributed by atoms with Gasteiger partial charge in [-0.3, -0.25) is 9.79 Å². The van der Waals surface area contributed by atoms with E-state index < -0.39 is 0 Å². The van der Waals surface area contributed by atoms with Crippen molar-refractivity contribution in [2.24, 2.45) is 4.99 Å². The number of piperazine rings is 1. The second kappa shape index (κ2) is 7.47. The maximum Gasteiger partial charge on any atom is 0.242 e. The van der Waals surface area contributed by atoms with Gasteiger partial charge in [-0.1, -0.05) is 0 Å². The number of halogens is 1. The first-order chi connectivity index (χ1) is 8.70. The van der Waals surface area contributed by atoms with Crippen molar-refractivity contribution in [3.8, 4) is 0 Å². The fourth-order valence-corrected chi connectivity index (χ4v) is 2.97. The second-order valence-electron chi connectivity index (χ2n) is 6.19. The van der Waals surface area contributed by atoms with Crippen molar-refractivity contribution in [1.29, 1.82) is 0 Å². The zero-order valence-electron chi connectivity index (χ0n) is 13.8. The molecule has 1 heterocycles. The summed E-state index contributed by atoms with van der Waals surface area (Å²) in [6.07, 6.45) is 0. The number of amides is 1. The summed E-state index contributed by atoms with van der Waals surface area (Å²) in [5.41, 5.74) is -0.173. The first-order valence-corrected chi connectivity index (χ1v) is 6.99. The predicted molar refractivity (Wildman–Crippen MR) is 94.7 cm³/mol. The zero-order valence-corrected chi connectivity index (χ0v) is 16.1. The van der Waals surface area contributed by atoms with Gasteiger partial charge in [-0.15, -0.1) is 24.0 Å². The van der Waals surface area contributed by atoms with E-state index >= 15 is 0 Å². The van der Waals surface area contributed by atoms with E-state index in [1.54, 1.807) is 0 Å². The molecule has 0 unspecified atom stereocenters. The molecular formula is C14H29IN4O. The first-order valence-electron chi connectivity index (χ1n) is 6.99. The molecule has 0 bridgehead atoms. The molecule has 20 heavy (non-hydrogen) atoms. The molecule has 118 valence electrons. The highest BCUT2D eigenvalue weighted by Crippen LogP contribution is 2.24. The largest absolute Gasteiger partial charge is 0.349 e. The summed E-state index contributed by atoms with van der Waals surface area (Å²) in [6, 6.07) is 0.232. The van der Waals surface area contributed by atoms with Crippen molar-refractivity contribution in [2.45, 2.75) is 46.2 Å². The average Bonchev–Trinajstić information content (AvgIpc) is 2.21. The van der Waals surface area contributed by atoms with Crippen LogP contribution >= 0.6 is 24.0 Å². The van der Waals surface area contributed by atoms with E-state index in [1.165, 1.54) is 0 Å². The highest BCUT2D eigenvalue weighted by Gasteiger charge is 2.40. The molecule has 0 aliphatic carbocycles. The number of aliphatic imine (C=N–C) groups is 1. The summed E-state index contributed by atoms with van der Waals surface area (Å²) < 4.78 is 0. The summed E-state index contributed by atoms with van der Waals surface area (Å²) in [5, 5.41) is 0. The van der Waals surface area contributed by atoms with Crippen LogP contribution in [0.2, 0.25) is 0 Å². The number of carbonyl (C=O) groups is 1. The molecule has 1 aliphatic rings. The molecule has 1 saturated heterocycles. The topological polar surface area (TPSA) is 39.1 Å². The fourth-order valence-electron chi connectivity index (χ4n) is 2.97. The molecule has 0 spiro atoms. The van der Waals surface area contributed by atoms with Gasteiger partial charge in [0.1, 0.15) is 0 Å². The van der Waals surface area contributed by atoms with Crippen LogP contribution in [0.1, 0.15) is 34.6 Å². The van der Waals surface area contributed by atoms with Gasteiger partial charge in [-0.25, -0.2) is 0 Å². The lowest BCUT2D eigenvalue weighted by Crippen LogP contribution is -2.66. The van der Waals surface area contributed by atoms with Crippen LogP contribution in [0.15, 0.2) is 4.99 Å². The van der Waals surface area contributed by atoms with E-state index in [2.05, 4.69) is 37.6 Å².